The zero-order valence-electron chi connectivity index (χ0n) is 14.2. The van der Waals surface area contributed by atoms with Gasteiger partial charge in [-0.2, -0.15) is 0 Å². The molecule has 128 valence electrons. The number of nitrogens with zero attached hydrogens (tertiary/aromatic N) is 2. The van der Waals surface area contributed by atoms with Gasteiger partial charge in [0, 0.05) is 18.7 Å². The first kappa shape index (κ1) is 17.9. The Balaban J connectivity index is 2.56. The molecule has 1 aliphatic heterocycles. The first-order chi connectivity index (χ1) is 11.5. The van der Waals surface area contributed by atoms with Gasteiger partial charge >= 0.3 is 0 Å². The third-order valence-electron chi connectivity index (χ3n) is 3.78. The van der Waals surface area contributed by atoms with Crippen LogP contribution in [-0.2, 0) is 9.59 Å². The van der Waals surface area contributed by atoms with Crippen LogP contribution in [0.15, 0.2) is 23.8 Å². The van der Waals surface area contributed by atoms with Crippen LogP contribution in [-0.4, -0.2) is 54.0 Å². The summed E-state index contributed by atoms with van der Waals surface area (Å²) in [6.45, 7) is 4.43. The van der Waals surface area contributed by atoms with Gasteiger partial charge in [-0.05, 0) is 50.3 Å². The second-order valence-electron chi connectivity index (χ2n) is 5.05. The Morgan fingerprint density at radius 3 is 2.08 bits per heavy atom. The van der Waals surface area contributed by atoms with Crippen LogP contribution >= 0.6 is 12.2 Å². The lowest BCUT2D eigenvalue weighted by Gasteiger charge is -2.35. The number of benzene rings is 1. The summed E-state index contributed by atoms with van der Waals surface area (Å²) < 4.78 is 10.5. The molecule has 1 saturated heterocycles. The number of carbonyl (C=O) groups excluding carboxylic acids is 2. The van der Waals surface area contributed by atoms with Gasteiger partial charge in [0.15, 0.2) is 5.11 Å². The maximum atomic E-state index is 12.6. The molecule has 0 aromatic heterocycles. The SMILES string of the molecule is CCN1C(=O)C(=Cc2cc(OC)ccc2OC)C(=O)N(CC)C1=S. The maximum Gasteiger partial charge on any atom is 0.265 e. The van der Waals surface area contributed by atoms with Crippen LogP contribution in [0.3, 0.4) is 0 Å². The van der Waals surface area contributed by atoms with Crippen molar-refractivity contribution in [2.75, 3.05) is 27.3 Å². The zero-order chi connectivity index (χ0) is 17.9. The fourth-order valence-electron chi connectivity index (χ4n) is 2.49. The molecule has 0 spiro atoms. The third-order valence-corrected chi connectivity index (χ3v) is 4.22. The number of rotatable bonds is 5. The normalized spacial score (nSPS) is 15.0. The number of ether oxygens (including phenoxy) is 2. The summed E-state index contributed by atoms with van der Waals surface area (Å²) in [6.07, 6.45) is 1.53. The van der Waals surface area contributed by atoms with Gasteiger partial charge in [-0.15, -0.1) is 0 Å². The van der Waals surface area contributed by atoms with Crippen LogP contribution < -0.4 is 9.47 Å². The predicted molar refractivity (Wildman–Crippen MR) is 94.9 cm³/mol. The largest absolute Gasteiger partial charge is 0.497 e. The second kappa shape index (κ2) is 7.44. The van der Waals surface area contributed by atoms with Crippen molar-refractivity contribution < 1.29 is 19.1 Å². The number of hydrogen-bond acceptors (Lipinski definition) is 5. The van der Waals surface area contributed by atoms with E-state index < -0.39 is 11.8 Å². The Labute approximate surface area is 146 Å². The van der Waals surface area contributed by atoms with Crippen molar-refractivity contribution in [2.45, 2.75) is 13.8 Å². The Bertz CT molecular complexity index is 687. The molecular formula is C17H20N2O4S. The summed E-state index contributed by atoms with van der Waals surface area (Å²) in [6, 6.07) is 5.19. The molecule has 0 aliphatic carbocycles. The number of amides is 2. The molecule has 0 unspecified atom stereocenters. The molecule has 1 fully saturated rings. The Kier molecular flexibility index (Phi) is 5.56. The van der Waals surface area contributed by atoms with E-state index in [9.17, 15) is 9.59 Å². The molecule has 0 radical (unpaired) electrons. The van der Waals surface area contributed by atoms with Crippen LogP contribution in [0.2, 0.25) is 0 Å². The van der Waals surface area contributed by atoms with Crippen LogP contribution in [0.25, 0.3) is 6.08 Å². The highest BCUT2D eigenvalue weighted by Gasteiger charge is 2.37. The maximum absolute atomic E-state index is 12.6. The van der Waals surface area contributed by atoms with Crippen LogP contribution in [0.4, 0.5) is 0 Å². The molecule has 0 bridgehead atoms. The Morgan fingerprint density at radius 2 is 1.62 bits per heavy atom. The second-order valence-corrected chi connectivity index (χ2v) is 5.41. The molecule has 2 amide bonds. The zero-order valence-corrected chi connectivity index (χ0v) is 15.0. The van der Waals surface area contributed by atoms with E-state index in [-0.39, 0.29) is 10.7 Å². The van der Waals surface area contributed by atoms with Crippen molar-refractivity contribution in [3.05, 3.63) is 29.3 Å². The van der Waals surface area contributed by atoms with E-state index in [1.165, 1.54) is 23.0 Å². The predicted octanol–water partition coefficient (Wildman–Crippen LogP) is 2.08. The van der Waals surface area contributed by atoms with Gasteiger partial charge < -0.3 is 9.47 Å². The number of hydrogen-bond donors (Lipinski definition) is 0. The summed E-state index contributed by atoms with van der Waals surface area (Å²) in [5.41, 5.74) is 0.646. The smallest absolute Gasteiger partial charge is 0.265 e. The van der Waals surface area contributed by atoms with E-state index in [4.69, 9.17) is 21.7 Å². The van der Waals surface area contributed by atoms with Gasteiger partial charge in [-0.25, -0.2) is 0 Å². The molecule has 0 atom stereocenters. The first-order valence-electron chi connectivity index (χ1n) is 7.59. The summed E-state index contributed by atoms with van der Waals surface area (Å²) >= 11 is 5.25. The summed E-state index contributed by atoms with van der Waals surface area (Å²) in [7, 11) is 3.08. The molecule has 1 heterocycles. The lowest BCUT2D eigenvalue weighted by Crippen LogP contribution is -2.55. The van der Waals surface area contributed by atoms with E-state index in [1.54, 1.807) is 25.3 Å². The molecule has 6 nitrogen and oxygen atoms in total. The molecular weight excluding hydrogens is 328 g/mol. The van der Waals surface area contributed by atoms with Crippen molar-refractivity contribution >= 4 is 35.2 Å². The number of methoxy groups -OCH3 is 2. The highest BCUT2D eigenvalue weighted by atomic mass is 32.1. The standard InChI is InChI=1S/C17H20N2O4S/c1-5-18-15(20)13(16(21)19(6-2)17(18)24)10-11-9-12(22-3)7-8-14(11)23-4/h7-10H,5-6H2,1-4H3. The first-order valence-corrected chi connectivity index (χ1v) is 8.00. The molecule has 1 aliphatic rings. The number of carbonyl (C=O) groups is 2. The minimum Gasteiger partial charge on any atom is -0.497 e. The highest BCUT2D eigenvalue weighted by Crippen LogP contribution is 2.28. The monoisotopic (exact) mass is 348 g/mol. The van der Waals surface area contributed by atoms with Gasteiger partial charge in [0.2, 0.25) is 0 Å². The fraction of sp³-hybridized carbons (Fsp3) is 0.353. The third kappa shape index (κ3) is 3.12. The molecule has 7 heteroatoms. The average molecular weight is 348 g/mol. The quantitative estimate of drug-likeness (QED) is 0.463. The van der Waals surface area contributed by atoms with Gasteiger partial charge in [0.25, 0.3) is 11.8 Å². The molecule has 1 aromatic rings. The lowest BCUT2D eigenvalue weighted by atomic mass is 10.1. The number of likely N-dealkylation sites (N-methyl/N-ethyl adjacent to an activating group) is 2. The molecule has 1 aromatic carbocycles. The summed E-state index contributed by atoms with van der Waals surface area (Å²) in [5, 5.41) is 0.241. The minimum atomic E-state index is -0.401. The van der Waals surface area contributed by atoms with E-state index in [1.807, 2.05) is 13.8 Å². The van der Waals surface area contributed by atoms with Crippen molar-refractivity contribution in [3.8, 4) is 11.5 Å². The Morgan fingerprint density at radius 1 is 1.04 bits per heavy atom. The molecule has 24 heavy (non-hydrogen) atoms. The lowest BCUT2D eigenvalue weighted by molar-refractivity contribution is -0.133. The van der Waals surface area contributed by atoms with Crippen molar-refractivity contribution in [2.24, 2.45) is 0 Å². The van der Waals surface area contributed by atoms with Gasteiger partial charge in [-0.3, -0.25) is 19.4 Å². The highest BCUT2D eigenvalue weighted by molar-refractivity contribution is 7.80. The van der Waals surface area contributed by atoms with Gasteiger partial charge in [0.1, 0.15) is 17.1 Å². The minimum absolute atomic E-state index is 0.0545. The van der Waals surface area contributed by atoms with Gasteiger partial charge in [0.05, 0.1) is 14.2 Å². The van der Waals surface area contributed by atoms with E-state index in [0.717, 1.165) is 0 Å². The molecule has 0 N–H and O–H groups in total. The van der Waals surface area contributed by atoms with Crippen molar-refractivity contribution in [1.29, 1.82) is 0 Å². The van der Waals surface area contributed by atoms with Crippen molar-refractivity contribution in [3.63, 3.8) is 0 Å². The summed E-state index contributed by atoms with van der Waals surface area (Å²) in [5.74, 6) is 0.348. The topological polar surface area (TPSA) is 59.1 Å². The molecule has 0 saturated carbocycles. The Hall–Kier alpha value is -2.41. The number of thiocarbonyl (C=S) groups is 1. The fourth-order valence-corrected chi connectivity index (χ4v) is 2.91. The van der Waals surface area contributed by atoms with Gasteiger partial charge in [-0.1, -0.05) is 0 Å². The van der Waals surface area contributed by atoms with Crippen LogP contribution in [0.5, 0.6) is 11.5 Å². The molecule has 2 rings (SSSR count). The summed E-state index contributed by atoms with van der Waals surface area (Å²) in [4.78, 5) is 28.1. The average Bonchev–Trinajstić information content (AvgIpc) is 2.59. The van der Waals surface area contributed by atoms with E-state index in [2.05, 4.69) is 0 Å². The van der Waals surface area contributed by atoms with Crippen LogP contribution in [0, 0.1) is 0 Å². The van der Waals surface area contributed by atoms with E-state index in [0.29, 0.717) is 30.2 Å². The van der Waals surface area contributed by atoms with Crippen LogP contribution in [0.1, 0.15) is 19.4 Å². The van der Waals surface area contributed by atoms with Crippen molar-refractivity contribution in [1.82, 2.24) is 9.80 Å². The van der Waals surface area contributed by atoms with E-state index >= 15 is 0 Å².